The van der Waals surface area contributed by atoms with Gasteiger partial charge >= 0.3 is 0 Å². The zero-order valence-electron chi connectivity index (χ0n) is 16.3. The highest BCUT2D eigenvalue weighted by Gasteiger charge is 2.11. The largest absolute Gasteiger partial charge is 0.270 e. The molecule has 1 aromatic heterocycles. The predicted octanol–water partition coefficient (Wildman–Crippen LogP) is 6.46. The molecular weight excluding hydrogens is 428 g/mol. The lowest BCUT2D eigenvalue weighted by molar-refractivity contribution is -0.384. The number of aromatic nitrogens is 1. The van der Waals surface area contributed by atoms with Gasteiger partial charge in [0, 0.05) is 39.3 Å². The Bertz CT molecular complexity index is 1190. The molecule has 0 amide bonds. The SMILES string of the molecule is O=[N+]([O-])c1ccc(SCc2ccccc2)c(C=NNc2nc(-c3ccccc3)cs2)c1. The Morgan fingerprint density at radius 2 is 1.81 bits per heavy atom. The lowest BCUT2D eigenvalue weighted by atomic mass is 10.2. The molecule has 154 valence electrons. The molecule has 4 rings (SSSR count). The van der Waals surface area contributed by atoms with E-state index in [0.29, 0.717) is 10.7 Å². The van der Waals surface area contributed by atoms with E-state index in [1.165, 1.54) is 29.0 Å². The second kappa shape index (κ2) is 10.0. The molecule has 1 heterocycles. The quantitative estimate of drug-likeness (QED) is 0.145. The lowest BCUT2D eigenvalue weighted by Gasteiger charge is -2.06. The number of nitro groups is 1. The Balaban J connectivity index is 1.49. The highest BCUT2D eigenvalue weighted by Crippen LogP contribution is 2.29. The zero-order chi connectivity index (χ0) is 21.5. The molecule has 0 unspecified atom stereocenters. The van der Waals surface area contributed by atoms with Crippen molar-refractivity contribution >= 4 is 40.1 Å². The van der Waals surface area contributed by atoms with Crippen LogP contribution in [0.2, 0.25) is 0 Å². The molecule has 1 N–H and O–H groups in total. The summed E-state index contributed by atoms with van der Waals surface area (Å²) in [6.07, 6.45) is 1.60. The van der Waals surface area contributed by atoms with Gasteiger partial charge in [-0.05, 0) is 11.6 Å². The van der Waals surface area contributed by atoms with Crippen LogP contribution in [0.25, 0.3) is 11.3 Å². The van der Waals surface area contributed by atoms with Gasteiger partial charge in [-0.3, -0.25) is 15.5 Å². The lowest BCUT2D eigenvalue weighted by Crippen LogP contribution is -1.95. The minimum absolute atomic E-state index is 0.0334. The number of hydrogen-bond acceptors (Lipinski definition) is 7. The van der Waals surface area contributed by atoms with Crippen LogP contribution in [-0.2, 0) is 5.75 Å². The molecule has 6 nitrogen and oxygen atoms in total. The third kappa shape index (κ3) is 5.56. The Morgan fingerprint density at radius 1 is 1.06 bits per heavy atom. The van der Waals surface area contributed by atoms with Crippen molar-refractivity contribution in [3.63, 3.8) is 0 Å². The van der Waals surface area contributed by atoms with E-state index < -0.39 is 4.92 Å². The Labute approximate surface area is 187 Å². The van der Waals surface area contributed by atoms with E-state index in [1.54, 1.807) is 24.0 Å². The highest BCUT2D eigenvalue weighted by molar-refractivity contribution is 7.98. The third-order valence-electron chi connectivity index (χ3n) is 4.38. The summed E-state index contributed by atoms with van der Waals surface area (Å²) in [4.78, 5) is 16.3. The molecule has 4 aromatic rings. The van der Waals surface area contributed by atoms with Crippen LogP contribution in [0.3, 0.4) is 0 Å². The first-order valence-corrected chi connectivity index (χ1v) is 11.3. The van der Waals surface area contributed by atoms with Crippen LogP contribution in [0.1, 0.15) is 11.1 Å². The summed E-state index contributed by atoms with van der Waals surface area (Å²) in [5.41, 5.74) is 6.74. The predicted molar refractivity (Wildman–Crippen MR) is 128 cm³/mol. The van der Waals surface area contributed by atoms with Gasteiger partial charge in [0.1, 0.15) is 0 Å². The number of anilines is 1. The Morgan fingerprint density at radius 3 is 2.55 bits per heavy atom. The number of thiazole rings is 1. The van der Waals surface area contributed by atoms with Crippen LogP contribution in [-0.4, -0.2) is 16.1 Å². The Kier molecular flexibility index (Phi) is 6.71. The molecule has 0 aliphatic carbocycles. The van der Waals surface area contributed by atoms with Gasteiger partial charge in [-0.1, -0.05) is 60.7 Å². The van der Waals surface area contributed by atoms with Crippen molar-refractivity contribution in [2.75, 3.05) is 5.43 Å². The van der Waals surface area contributed by atoms with Gasteiger partial charge in [-0.25, -0.2) is 4.98 Å². The second-order valence-corrected chi connectivity index (χ2v) is 8.40. The van der Waals surface area contributed by atoms with Gasteiger partial charge in [0.15, 0.2) is 0 Å². The number of thioether (sulfide) groups is 1. The van der Waals surface area contributed by atoms with Crippen molar-refractivity contribution in [1.29, 1.82) is 0 Å². The topological polar surface area (TPSA) is 80.4 Å². The molecule has 0 radical (unpaired) electrons. The number of hydrogen-bond donors (Lipinski definition) is 1. The van der Waals surface area contributed by atoms with Crippen molar-refractivity contribution in [1.82, 2.24) is 4.98 Å². The van der Waals surface area contributed by atoms with Crippen molar-refractivity contribution in [3.05, 3.63) is 105 Å². The minimum atomic E-state index is -0.399. The molecule has 0 saturated heterocycles. The smallest absolute Gasteiger partial charge is 0.258 e. The number of hydrazone groups is 1. The fourth-order valence-corrected chi connectivity index (χ4v) is 4.47. The molecule has 0 atom stereocenters. The molecule has 0 fully saturated rings. The van der Waals surface area contributed by atoms with Crippen molar-refractivity contribution < 1.29 is 4.92 Å². The molecule has 8 heteroatoms. The number of non-ortho nitro benzene ring substituents is 1. The zero-order valence-corrected chi connectivity index (χ0v) is 18.0. The molecule has 3 aromatic carbocycles. The van der Waals surface area contributed by atoms with Crippen LogP contribution in [0, 0.1) is 10.1 Å². The number of rotatable bonds is 8. The average molecular weight is 447 g/mol. The van der Waals surface area contributed by atoms with Crippen LogP contribution in [0.5, 0.6) is 0 Å². The van der Waals surface area contributed by atoms with E-state index >= 15 is 0 Å². The van der Waals surface area contributed by atoms with Gasteiger partial charge in [0.25, 0.3) is 5.69 Å². The van der Waals surface area contributed by atoms with Crippen molar-refractivity contribution in [3.8, 4) is 11.3 Å². The van der Waals surface area contributed by atoms with E-state index in [0.717, 1.165) is 21.9 Å². The standard InChI is InChI=1S/C23H18N4O2S2/c28-27(29)20-11-12-22(30-15-17-7-3-1-4-8-17)19(13-20)14-24-26-23-25-21(16-31-23)18-9-5-2-6-10-18/h1-14,16H,15H2,(H,25,26). The monoisotopic (exact) mass is 446 g/mol. The summed E-state index contributed by atoms with van der Waals surface area (Å²) < 4.78 is 0. The van der Waals surface area contributed by atoms with E-state index in [4.69, 9.17) is 0 Å². The first-order valence-electron chi connectivity index (χ1n) is 9.44. The van der Waals surface area contributed by atoms with Gasteiger partial charge in [0.05, 0.1) is 16.8 Å². The first-order chi connectivity index (χ1) is 15.2. The minimum Gasteiger partial charge on any atom is -0.258 e. The van der Waals surface area contributed by atoms with Crippen LogP contribution in [0.4, 0.5) is 10.8 Å². The van der Waals surface area contributed by atoms with Crippen LogP contribution < -0.4 is 5.43 Å². The van der Waals surface area contributed by atoms with E-state index in [1.807, 2.05) is 53.9 Å². The fourth-order valence-electron chi connectivity index (χ4n) is 2.84. The van der Waals surface area contributed by atoms with Gasteiger partial charge in [-0.2, -0.15) is 5.10 Å². The van der Waals surface area contributed by atoms with Crippen molar-refractivity contribution in [2.45, 2.75) is 10.6 Å². The number of nitro benzene ring substituents is 1. The fraction of sp³-hybridized carbons (Fsp3) is 0.0435. The molecular formula is C23H18N4O2S2. The molecule has 0 saturated carbocycles. The summed E-state index contributed by atoms with van der Waals surface area (Å²) in [6.45, 7) is 0. The normalized spacial score (nSPS) is 11.0. The van der Waals surface area contributed by atoms with E-state index in [2.05, 4.69) is 27.6 Å². The number of nitrogens with one attached hydrogen (secondary N) is 1. The summed E-state index contributed by atoms with van der Waals surface area (Å²) >= 11 is 3.06. The highest BCUT2D eigenvalue weighted by atomic mass is 32.2. The molecule has 0 bridgehead atoms. The number of benzene rings is 3. The van der Waals surface area contributed by atoms with Crippen LogP contribution in [0.15, 0.2) is 94.2 Å². The Hall–Kier alpha value is -3.49. The average Bonchev–Trinajstić information content (AvgIpc) is 3.28. The molecule has 0 spiro atoms. The van der Waals surface area contributed by atoms with Gasteiger partial charge in [0.2, 0.25) is 5.13 Å². The molecule has 0 aliphatic rings. The second-order valence-electron chi connectivity index (χ2n) is 6.53. The molecule has 31 heavy (non-hydrogen) atoms. The maximum Gasteiger partial charge on any atom is 0.270 e. The van der Waals surface area contributed by atoms with Crippen molar-refractivity contribution in [2.24, 2.45) is 5.10 Å². The summed E-state index contributed by atoms with van der Waals surface area (Å²) in [5, 5.41) is 18.1. The maximum absolute atomic E-state index is 11.2. The third-order valence-corrected chi connectivity index (χ3v) is 6.29. The van der Waals surface area contributed by atoms with Gasteiger partial charge in [-0.15, -0.1) is 23.1 Å². The summed E-state index contributed by atoms with van der Waals surface area (Å²) in [6, 6.07) is 24.8. The van der Waals surface area contributed by atoms with Gasteiger partial charge < -0.3 is 0 Å². The van der Waals surface area contributed by atoms with E-state index in [9.17, 15) is 10.1 Å². The first kappa shape index (κ1) is 20.8. The van der Waals surface area contributed by atoms with E-state index in [-0.39, 0.29) is 5.69 Å². The number of nitrogens with zero attached hydrogens (tertiary/aromatic N) is 3. The summed E-state index contributed by atoms with van der Waals surface area (Å²) in [5.74, 6) is 0.764. The maximum atomic E-state index is 11.2. The molecule has 0 aliphatic heterocycles. The summed E-state index contributed by atoms with van der Waals surface area (Å²) in [7, 11) is 0. The van der Waals surface area contributed by atoms with Crippen LogP contribution >= 0.6 is 23.1 Å².